The van der Waals surface area contributed by atoms with Crippen molar-refractivity contribution in [1.29, 1.82) is 0 Å². The van der Waals surface area contributed by atoms with Gasteiger partial charge >= 0.3 is 0 Å². The van der Waals surface area contributed by atoms with Crippen LogP contribution in [0.1, 0.15) is 29.2 Å². The van der Waals surface area contributed by atoms with Crippen molar-refractivity contribution < 1.29 is 20.0 Å². The molecule has 0 aliphatic carbocycles. The highest BCUT2D eigenvalue weighted by Gasteiger charge is 2.37. The molecule has 9 heteroatoms. The summed E-state index contributed by atoms with van der Waals surface area (Å²) in [5, 5.41) is 25.3. The summed E-state index contributed by atoms with van der Waals surface area (Å²) in [6.07, 6.45) is 0.734. The van der Waals surface area contributed by atoms with E-state index in [1.807, 2.05) is 31.2 Å². The number of thiazole rings is 1. The zero-order valence-corrected chi connectivity index (χ0v) is 17.4. The van der Waals surface area contributed by atoms with Gasteiger partial charge in [-0.25, -0.2) is 4.98 Å². The first kappa shape index (κ1) is 19.6. The van der Waals surface area contributed by atoms with Gasteiger partial charge in [-0.1, -0.05) is 48.1 Å². The smallest absolute Gasteiger partial charge is 0.235 e. The van der Waals surface area contributed by atoms with Crippen molar-refractivity contribution >= 4 is 27.9 Å². The first-order valence-corrected chi connectivity index (χ1v) is 10.9. The highest BCUT2D eigenvalue weighted by molar-refractivity contribution is 7.17. The minimum Gasteiger partial charge on any atom is -0.492 e. The molecule has 0 saturated carbocycles. The standard InChI is InChI=1S/C19H24ClN5O2S/c1-2-15-21-19-25(22-15)18(27)17(28-19)16(13-5-3-4-6-14(13)20)24-9-7-23(8-10-24)11-12-26/h3-6,16,26-27H,2,7-12H2,1H3/p+2/t16-/m0/s1. The molecule has 0 unspecified atom stereocenters. The molecule has 28 heavy (non-hydrogen) atoms. The fourth-order valence-electron chi connectivity index (χ4n) is 4.01. The Bertz CT molecular complexity index is 951. The molecule has 0 spiro atoms. The van der Waals surface area contributed by atoms with Crippen molar-refractivity contribution in [2.24, 2.45) is 0 Å². The molecule has 1 fully saturated rings. The quantitative estimate of drug-likeness (QED) is 0.434. The van der Waals surface area contributed by atoms with E-state index in [1.165, 1.54) is 21.1 Å². The molecule has 7 nitrogen and oxygen atoms in total. The molecule has 1 aromatic carbocycles. The maximum absolute atomic E-state index is 11.0. The third-order valence-electron chi connectivity index (χ3n) is 5.51. The Hall–Kier alpha value is -1.71. The number of aryl methyl sites for hydroxylation is 1. The van der Waals surface area contributed by atoms with E-state index in [2.05, 4.69) is 10.1 Å². The summed E-state index contributed by atoms with van der Waals surface area (Å²) in [6.45, 7) is 6.86. The van der Waals surface area contributed by atoms with Crippen molar-refractivity contribution in [3.05, 3.63) is 45.6 Å². The minimum absolute atomic E-state index is 0.0667. The van der Waals surface area contributed by atoms with E-state index >= 15 is 0 Å². The largest absolute Gasteiger partial charge is 0.492 e. The minimum atomic E-state index is -0.0667. The molecule has 3 heterocycles. The number of rotatable bonds is 6. The normalized spacial score (nSPS) is 21.2. The molecular formula is C19H26ClN5O2S+2. The molecule has 0 bridgehead atoms. The molecule has 3 aromatic rings. The molecule has 1 aliphatic rings. The van der Waals surface area contributed by atoms with Gasteiger partial charge in [-0.2, -0.15) is 4.52 Å². The zero-order chi connectivity index (χ0) is 19.7. The van der Waals surface area contributed by atoms with E-state index in [1.54, 1.807) is 4.52 Å². The number of halogens is 1. The summed E-state index contributed by atoms with van der Waals surface area (Å²) in [4.78, 5) is 8.88. The average molecular weight is 424 g/mol. The topological polar surface area (TPSA) is 79.5 Å². The maximum atomic E-state index is 11.0. The van der Waals surface area contributed by atoms with Crippen molar-refractivity contribution in [2.75, 3.05) is 39.3 Å². The van der Waals surface area contributed by atoms with Gasteiger partial charge in [0.1, 0.15) is 37.6 Å². The van der Waals surface area contributed by atoms with Crippen LogP contribution in [0.5, 0.6) is 5.88 Å². The third-order valence-corrected chi connectivity index (χ3v) is 6.94. The molecule has 1 saturated heterocycles. The lowest BCUT2D eigenvalue weighted by molar-refractivity contribution is -1.02. The lowest BCUT2D eigenvalue weighted by atomic mass is 10.0. The first-order chi connectivity index (χ1) is 13.6. The number of piperazine rings is 1. The highest BCUT2D eigenvalue weighted by Crippen LogP contribution is 2.37. The van der Waals surface area contributed by atoms with Gasteiger partial charge in [-0.3, -0.25) is 0 Å². The fraction of sp³-hybridized carbons (Fsp3) is 0.474. The molecule has 4 rings (SSSR count). The second-order valence-corrected chi connectivity index (χ2v) is 8.62. The number of quaternary nitrogens is 2. The maximum Gasteiger partial charge on any atom is 0.235 e. The molecule has 1 atom stereocenters. The summed E-state index contributed by atoms with van der Waals surface area (Å²) >= 11 is 8.06. The average Bonchev–Trinajstić information content (AvgIpc) is 3.24. The number of fused-ring (bicyclic) bond motifs is 1. The second kappa shape index (κ2) is 8.34. The number of aromatic nitrogens is 3. The lowest BCUT2D eigenvalue weighted by Crippen LogP contribution is -3.28. The Morgan fingerprint density at radius 3 is 2.64 bits per heavy atom. The predicted molar refractivity (Wildman–Crippen MR) is 109 cm³/mol. The Kier molecular flexibility index (Phi) is 5.84. The molecular weight excluding hydrogens is 398 g/mol. The van der Waals surface area contributed by atoms with E-state index in [4.69, 9.17) is 11.6 Å². The van der Waals surface area contributed by atoms with Crippen LogP contribution in [-0.2, 0) is 6.42 Å². The molecule has 4 N–H and O–H groups in total. The zero-order valence-electron chi connectivity index (χ0n) is 15.9. The predicted octanol–water partition coefficient (Wildman–Crippen LogP) is -0.423. The van der Waals surface area contributed by atoms with Crippen LogP contribution in [0, 0.1) is 0 Å². The number of nitrogens with zero attached hydrogens (tertiary/aromatic N) is 3. The number of aliphatic hydroxyl groups excluding tert-OH is 1. The van der Waals surface area contributed by atoms with Crippen molar-refractivity contribution in [2.45, 2.75) is 19.4 Å². The van der Waals surface area contributed by atoms with Crippen LogP contribution < -0.4 is 9.80 Å². The van der Waals surface area contributed by atoms with Crippen LogP contribution in [0.3, 0.4) is 0 Å². The molecule has 0 radical (unpaired) electrons. The highest BCUT2D eigenvalue weighted by atomic mass is 35.5. The van der Waals surface area contributed by atoms with E-state index in [9.17, 15) is 10.2 Å². The van der Waals surface area contributed by atoms with Gasteiger partial charge in [-0.05, 0) is 6.07 Å². The van der Waals surface area contributed by atoms with Gasteiger partial charge in [0.2, 0.25) is 10.8 Å². The number of aliphatic hydroxyl groups is 1. The van der Waals surface area contributed by atoms with E-state index in [-0.39, 0.29) is 18.5 Å². The lowest BCUT2D eigenvalue weighted by Gasteiger charge is -2.34. The Balaban J connectivity index is 1.73. The number of aromatic hydroxyl groups is 1. The van der Waals surface area contributed by atoms with Crippen molar-refractivity contribution in [3.8, 4) is 5.88 Å². The van der Waals surface area contributed by atoms with Crippen LogP contribution in [-0.4, -0.2) is 64.1 Å². The van der Waals surface area contributed by atoms with Crippen LogP contribution in [0.25, 0.3) is 4.96 Å². The van der Waals surface area contributed by atoms with Gasteiger partial charge in [-0.15, -0.1) is 5.10 Å². The SMILES string of the molecule is CCc1nc2sc([C@H](c3ccccc3Cl)[NH+]3CC[NH+](CCO)CC3)c(O)n2n1. The molecule has 150 valence electrons. The third kappa shape index (κ3) is 3.62. The van der Waals surface area contributed by atoms with Gasteiger partial charge in [0.05, 0.1) is 11.6 Å². The number of nitrogens with one attached hydrogen (secondary N) is 2. The second-order valence-electron chi connectivity index (χ2n) is 7.20. The van der Waals surface area contributed by atoms with Crippen LogP contribution >= 0.6 is 22.9 Å². The Morgan fingerprint density at radius 1 is 1.25 bits per heavy atom. The van der Waals surface area contributed by atoms with Crippen LogP contribution in [0.4, 0.5) is 0 Å². The fourth-order valence-corrected chi connectivity index (χ4v) is 5.40. The molecule has 0 amide bonds. The van der Waals surface area contributed by atoms with Gasteiger partial charge in [0.15, 0.2) is 11.9 Å². The van der Waals surface area contributed by atoms with Crippen LogP contribution in [0.15, 0.2) is 24.3 Å². The van der Waals surface area contributed by atoms with Crippen molar-refractivity contribution in [1.82, 2.24) is 14.6 Å². The monoisotopic (exact) mass is 423 g/mol. The summed E-state index contributed by atoms with van der Waals surface area (Å²) < 4.78 is 1.55. The summed E-state index contributed by atoms with van der Waals surface area (Å²) in [7, 11) is 0. The van der Waals surface area contributed by atoms with Gasteiger partial charge in [0.25, 0.3) is 0 Å². The summed E-state index contributed by atoms with van der Waals surface area (Å²) in [6, 6.07) is 7.80. The van der Waals surface area contributed by atoms with Crippen molar-refractivity contribution in [3.63, 3.8) is 0 Å². The van der Waals surface area contributed by atoms with Crippen LogP contribution in [0.2, 0.25) is 5.02 Å². The summed E-state index contributed by atoms with van der Waals surface area (Å²) in [5.41, 5.74) is 1.01. The number of benzene rings is 1. The summed E-state index contributed by atoms with van der Waals surface area (Å²) in [5.74, 6) is 0.894. The Morgan fingerprint density at radius 2 is 2.00 bits per heavy atom. The number of hydrogen-bond acceptors (Lipinski definition) is 5. The number of hydrogen-bond donors (Lipinski definition) is 4. The molecule has 1 aliphatic heterocycles. The van der Waals surface area contributed by atoms with E-state index < -0.39 is 0 Å². The van der Waals surface area contributed by atoms with E-state index in [0.29, 0.717) is 9.98 Å². The van der Waals surface area contributed by atoms with E-state index in [0.717, 1.165) is 55.4 Å². The Labute approximate surface area is 172 Å². The first-order valence-electron chi connectivity index (χ1n) is 9.73. The molecule has 2 aromatic heterocycles. The van der Waals surface area contributed by atoms with Gasteiger partial charge < -0.3 is 20.0 Å². The van der Waals surface area contributed by atoms with Gasteiger partial charge in [0, 0.05) is 12.0 Å².